The van der Waals surface area contributed by atoms with E-state index in [9.17, 15) is 0 Å². The van der Waals surface area contributed by atoms with Crippen molar-refractivity contribution in [3.8, 4) is 11.5 Å². The van der Waals surface area contributed by atoms with Crippen molar-refractivity contribution in [1.29, 1.82) is 0 Å². The fraction of sp³-hybridized carbons (Fsp3) is 0. The second-order valence-electron chi connectivity index (χ2n) is 3.12. The molecule has 0 unspecified atom stereocenters. The molecule has 4 radical (unpaired) electrons. The van der Waals surface area contributed by atoms with Gasteiger partial charge in [-0.25, -0.2) is 0 Å². The smallest absolute Gasteiger partial charge is 0.488 e. The van der Waals surface area contributed by atoms with Crippen molar-refractivity contribution < 1.29 is 8.85 Å². The first-order valence-electron chi connectivity index (χ1n) is 4.89. The monoisotopic (exact) mass is 242 g/mol. The summed E-state index contributed by atoms with van der Waals surface area (Å²) in [5.74, 6) is 1.62. The number of para-hydroxylation sites is 2. The molecule has 0 saturated heterocycles. The Morgan fingerprint density at radius 2 is 1.06 bits per heavy atom. The number of hydrogen-bond donors (Lipinski definition) is 0. The molecular formula is C12H10O2Si2. The summed E-state index contributed by atoms with van der Waals surface area (Å²) in [6.45, 7) is 0. The molecule has 4 heteroatoms. The van der Waals surface area contributed by atoms with Crippen LogP contribution in [0.3, 0.4) is 0 Å². The maximum absolute atomic E-state index is 5.61. The highest BCUT2D eigenvalue weighted by atomic mass is 29.2. The summed E-state index contributed by atoms with van der Waals surface area (Å²) in [5.41, 5.74) is 0. The summed E-state index contributed by atoms with van der Waals surface area (Å²) in [5, 5.41) is 0. The number of hydrogen-bond acceptors (Lipinski definition) is 2. The molecule has 2 aromatic carbocycles. The Morgan fingerprint density at radius 1 is 0.688 bits per heavy atom. The van der Waals surface area contributed by atoms with E-state index >= 15 is 0 Å². The first-order chi connectivity index (χ1) is 7.84. The summed E-state index contributed by atoms with van der Waals surface area (Å²) in [4.78, 5) is 0. The molecule has 0 N–H and O–H groups in total. The van der Waals surface area contributed by atoms with Gasteiger partial charge in [-0.3, -0.25) is 0 Å². The van der Waals surface area contributed by atoms with E-state index < -0.39 is 8.80 Å². The van der Waals surface area contributed by atoms with Crippen molar-refractivity contribution in [2.24, 2.45) is 0 Å². The lowest BCUT2D eigenvalue weighted by Crippen LogP contribution is -2.30. The molecule has 0 atom stereocenters. The van der Waals surface area contributed by atoms with Crippen LogP contribution in [0.1, 0.15) is 0 Å². The molecule has 2 rings (SSSR count). The van der Waals surface area contributed by atoms with Gasteiger partial charge in [-0.05, 0) is 24.3 Å². The second kappa shape index (κ2) is 5.53. The van der Waals surface area contributed by atoms with Crippen molar-refractivity contribution in [1.82, 2.24) is 0 Å². The predicted octanol–water partition coefficient (Wildman–Crippen LogP) is 2.30. The van der Waals surface area contributed by atoms with Crippen molar-refractivity contribution >= 4 is 18.6 Å². The van der Waals surface area contributed by atoms with Crippen molar-refractivity contribution in [3.63, 3.8) is 0 Å². The quantitative estimate of drug-likeness (QED) is 0.766. The van der Waals surface area contributed by atoms with Crippen molar-refractivity contribution in [3.05, 3.63) is 60.7 Å². The molecule has 78 valence electrons. The Kier molecular flexibility index (Phi) is 3.79. The lowest BCUT2D eigenvalue weighted by atomic mass is 10.3. The van der Waals surface area contributed by atoms with Gasteiger partial charge in [0.05, 0.1) is 0 Å². The van der Waals surface area contributed by atoms with Crippen molar-refractivity contribution in [2.45, 2.75) is 0 Å². The first kappa shape index (κ1) is 11.0. The highest BCUT2D eigenvalue weighted by Crippen LogP contribution is 2.12. The van der Waals surface area contributed by atoms with Gasteiger partial charge in [0.2, 0.25) is 0 Å². The minimum absolute atomic E-state index is 0.808. The van der Waals surface area contributed by atoms with Gasteiger partial charge in [0.1, 0.15) is 21.3 Å². The number of rotatable bonds is 4. The van der Waals surface area contributed by atoms with Gasteiger partial charge in [0.25, 0.3) is 0 Å². The van der Waals surface area contributed by atoms with Crippen LogP contribution in [-0.2, 0) is 0 Å². The summed E-state index contributed by atoms with van der Waals surface area (Å²) in [7, 11) is 1.97. The SMILES string of the molecule is [Si][Si](Oc1ccccc1)Oc1ccccc1. The van der Waals surface area contributed by atoms with E-state index in [0.29, 0.717) is 0 Å². The normalized spacial score (nSPS) is 10.1. The fourth-order valence-corrected chi connectivity index (χ4v) is 2.66. The van der Waals surface area contributed by atoms with E-state index in [1.54, 1.807) is 0 Å². The van der Waals surface area contributed by atoms with Crippen LogP contribution in [0.5, 0.6) is 11.5 Å². The molecule has 0 aliphatic heterocycles. The third kappa shape index (κ3) is 3.25. The van der Waals surface area contributed by atoms with Gasteiger partial charge in [-0.1, -0.05) is 36.4 Å². The molecule has 2 nitrogen and oxygen atoms in total. The minimum atomic E-state index is -1.49. The van der Waals surface area contributed by atoms with E-state index in [4.69, 9.17) is 8.85 Å². The summed E-state index contributed by atoms with van der Waals surface area (Å²) in [6, 6.07) is 19.2. The van der Waals surface area contributed by atoms with Crippen LogP contribution in [0.25, 0.3) is 0 Å². The zero-order chi connectivity index (χ0) is 11.2. The molecule has 0 aliphatic rings. The van der Waals surface area contributed by atoms with Crippen LogP contribution in [0.15, 0.2) is 60.7 Å². The molecule has 2 aromatic rings. The molecule has 0 amide bonds. The zero-order valence-electron chi connectivity index (χ0n) is 8.59. The molecule has 0 saturated carbocycles. The maximum atomic E-state index is 5.61. The fourth-order valence-electron chi connectivity index (χ4n) is 1.21. The molecule has 0 aliphatic carbocycles. The van der Waals surface area contributed by atoms with Crippen LogP contribution in [0.2, 0.25) is 0 Å². The molecule has 0 spiro atoms. The average Bonchev–Trinajstić information content (AvgIpc) is 2.31. The summed E-state index contributed by atoms with van der Waals surface area (Å²) < 4.78 is 11.2. The Bertz CT molecular complexity index is 378. The molecule has 16 heavy (non-hydrogen) atoms. The summed E-state index contributed by atoms with van der Waals surface area (Å²) >= 11 is 0. The minimum Gasteiger partial charge on any atom is -0.513 e. The van der Waals surface area contributed by atoms with Crippen LogP contribution < -0.4 is 8.85 Å². The van der Waals surface area contributed by atoms with Crippen LogP contribution in [-0.4, -0.2) is 18.6 Å². The Balaban J connectivity index is 1.92. The van der Waals surface area contributed by atoms with Crippen LogP contribution in [0, 0.1) is 0 Å². The highest BCUT2D eigenvalue weighted by Gasteiger charge is 2.11. The summed E-state index contributed by atoms with van der Waals surface area (Å²) in [6.07, 6.45) is 0. The van der Waals surface area contributed by atoms with Crippen LogP contribution >= 0.6 is 0 Å². The van der Waals surface area contributed by atoms with Gasteiger partial charge < -0.3 is 8.85 Å². The third-order valence-corrected chi connectivity index (χ3v) is 3.36. The molecule has 0 bridgehead atoms. The Labute approximate surface area is 99.9 Å². The van der Waals surface area contributed by atoms with Gasteiger partial charge >= 0.3 is 8.80 Å². The average molecular weight is 242 g/mol. The molecule has 0 heterocycles. The van der Waals surface area contributed by atoms with E-state index in [1.165, 1.54) is 0 Å². The number of benzene rings is 2. The second-order valence-corrected chi connectivity index (χ2v) is 5.33. The predicted molar refractivity (Wildman–Crippen MR) is 65.6 cm³/mol. The maximum Gasteiger partial charge on any atom is 0.488 e. The van der Waals surface area contributed by atoms with E-state index in [-0.39, 0.29) is 0 Å². The van der Waals surface area contributed by atoms with Gasteiger partial charge in [0, 0.05) is 0 Å². The zero-order valence-corrected chi connectivity index (χ0v) is 10.6. The lowest BCUT2D eigenvalue weighted by Gasteiger charge is -2.13. The molecule has 0 aromatic heterocycles. The molecule has 0 fully saturated rings. The topological polar surface area (TPSA) is 18.5 Å². The van der Waals surface area contributed by atoms with Gasteiger partial charge in [-0.15, -0.1) is 0 Å². The van der Waals surface area contributed by atoms with Crippen LogP contribution in [0.4, 0.5) is 0 Å². The van der Waals surface area contributed by atoms with E-state index in [0.717, 1.165) is 11.5 Å². The Morgan fingerprint density at radius 3 is 1.44 bits per heavy atom. The largest absolute Gasteiger partial charge is 0.513 e. The van der Waals surface area contributed by atoms with Crippen molar-refractivity contribution in [2.75, 3.05) is 0 Å². The first-order valence-corrected chi connectivity index (χ1v) is 7.70. The lowest BCUT2D eigenvalue weighted by molar-refractivity contribution is 0.448. The highest BCUT2D eigenvalue weighted by molar-refractivity contribution is 6.96. The van der Waals surface area contributed by atoms with Gasteiger partial charge in [0.15, 0.2) is 0 Å². The van der Waals surface area contributed by atoms with Gasteiger partial charge in [-0.2, -0.15) is 0 Å². The third-order valence-electron chi connectivity index (χ3n) is 1.91. The van der Waals surface area contributed by atoms with E-state index in [1.807, 2.05) is 60.7 Å². The molecular weight excluding hydrogens is 232 g/mol. The van der Waals surface area contributed by atoms with E-state index in [2.05, 4.69) is 9.76 Å². The standard InChI is InChI=1S/C12H10O2Si2/c15-16(13-11-7-3-1-4-8-11)14-12-9-5-2-6-10-12/h1-10H. The Hall–Kier alpha value is -1.53.